The summed E-state index contributed by atoms with van der Waals surface area (Å²) in [5.41, 5.74) is 0.532. The third-order valence-electron chi connectivity index (χ3n) is 1.04. The first-order valence-corrected chi connectivity index (χ1v) is 3.95. The Morgan fingerprint density at radius 1 is 1.50 bits per heavy atom. The normalized spacial score (nSPS) is 11.9. The molecule has 3 nitrogen and oxygen atoms in total. The number of hydrogen-bond acceptors (Lipinski definition) is 4. The van der Waals surface area contributed by atoms with Crippen molar-refractivity contribution < 1.29 is 13.2 Å². The van der Waals surface area contributed by atoms with Gasteiger partial charge in [-0.05, 0) is 11.5 Å². The minimum absolute atomic E-state index is 0.107. The average molecular weight is 197 g/mol. The molecule has 0 aliphatic carbocycles. The summed E-state index contributed by atoms with van der Waals surface area (Å²) >= 11 is 1.12. The lowest BCUT2D eigenvalue weighted by Crippen LogP contribution is -2.28. The topological polar surface area (TPSA) is 37.8 Å². The average Bonchev–Trinajstić information content (AvgIpc) is 2.36. The van der Waals surface area contributed by atoms with E-state index in [-0.39, 0.29) is 6.54 Å². The van der Waals surface area contributed by atoms with Gasteiger partial charge in [0.2, 0.25) is 0 Å². The van der Waals surface area contributed by atoms with Gasteiger partial charge in [0.25, 0.3) is 0 Å². The molecule has 0 aromatic carbocycles. The van der Waals surface area contributed by atoms with E-state index in [0.29, 0.717) is 5.69 Å². The third kappa shape index (κ3) is 3.63. The van der Waals surface area contributed by atoms with Gasteiger partial charge in [-0.3, -0.25) is 0 Å². The molecule has 7 heteroatoms. The summed E-state index contributed by atoms with van der Waals surface area (Å²) in [6.45, 7) is -0.888. The van der Waals surface area contributed by atoms with Crippen molar-refractivity contribution >= 4 is 11.5 Å². The zero-order valence-corrected chi connectivity index (χ0v) is 6.74. The van der Waals surface area contributed by atoms with E-state index in [0.717, 1.165) is 11.5 Å². The second-order valence-electron chi connectivity index (χ2n) is 2.11. The standard InChI is InChI=1S/C5H6F3N3S/c6-5(7,8)3-9-1-4-2-12-11-10-4/h2,9H,1,3H2. The molecule has 0 bridgehead atoms. The second kappa shape index (κ2) is 3.81. The largest absolute Gasteiger partial charge is 0.401 e. The van der Waals surface area contributed by atoms with Gasteiger partial charge in [0, 0.05) is 11.9 Å². The van der Waals surface area contributed by atoms with Crippen LogP contribution in [0.5, 0.6) is 0 Å². The lowest BCUT2D eigenvalue weighted by atomic mass is 10.5. The number of nitrogens with zero attached hydrogens (tertiary/aromatic N) is 2. The van der Waals surface area contributed by atoms with Gasteiger partial charge >= 0.3 is 6.18 Å². The molecule has 1 aromatic rings. The summed E-state index contributed by atoms with van der Waals surface area (Å²) in [6.07, 6.45) is -4.16. The molecule has 0 aliphatic rings. The van der Waals surface area contributed by atoms with Crippen molar-refractivity contribution in [1.82, 2.24) is 14.9 Å². The van der Waals surface area contributed by atoms with Crippen LogP contribution in [0.4, 0.5) is 13.2 Å². The number of hydrogen-bond donors (Lipinski definition) is 1. The highest BCUT2D eigenvalue weighted by Crippen LogP contribution is 2.12. The molecule has 1 rings (SSSR count). The lowest BCUT2D eigenvalue weighted by molar-refractivity contribution is -0.125. The monoisotopic (exact) mass is 197 g/mol. The molecule has 1 aromatic heterocycles. The van der Waals surface area contributed by atoms with Crippen LogP contribution in [0, 0.1) is 0 Å². The van der Waals surface area contributed by atoms with E-state index >= 15 is 0 Å². The number of aromatic nitrogens is 2. The van der Waals surface area contributed by atoms with Crippen molar-refractivity contribution in [3.05, 3.63) is 11.1 Å². The smallest absolute Gasteiger partial charge is 0.303 e. The summed E-state index contributed by atoms with van der Waals surface area (Å²) < 4.78 is 38.3. The Balaban J connectivity index is 2.20. The summed E-state index contributed by atoms with van der Waals surface area (Å²) in [4.78, 5) is 0. The highest BCUT2D eigenvalue weighted by molar-refractivity contribution is 7.03. The van der Waals surface area contributed by atoms with Gasteiger partial charge in [-0.2, -0.15) is 13.2 Å². The quantitative estimate of drug-likeness (QED) is 0.790. The van der Waals surface area contributed by atoms with Crippen LogP contribution < -0.4 is 5.32 Å². The van der Waals surface area contributed by atoms with E-state index in [9.17, 15) is 13.2 Å². The number of rotatable bonds is 3. The van der Waals surface area contributed by atoms with Crippen molar-refractivity contribution in [2.45, 2.75) is 12.7 Å². The molecule has 0 saturated heterocycles. The van der Waals surface area contributed by atoms with Gasteiger partial charge in [0.15, 0.2) is 0 Å². The van der Waals surface area contributed by atoms with Gasteiger partial charge in [-0.25, -0.2) is 0 Å². The Morgan fingerprint density at radius 2 is 2.25 bits per heavy atom. The predicted molar refractivity (Wildman–Crippen MR) is 37.7 cm³/mol. The van der Waals surface area contributed by atoms with Gasteiger partial charge in [-0.15, -0.1) is 5.10 Å². The predicted octanol–water partition coefficient (Wildman–Crippen LogP) is 1.19. The highest BCUT2D eigenvalue weighted by atomic mass is 32.1. The number of halogens is 3. The fraction of sp³-hybridized carbons (Fsp3) is 0.600. The van der Waals surface area contributed by atoms with Gasteiger partial charge in [0.05, 0.1) is 12.2 Å². The molecule has 0 aliphatic heterocycles. The van der Waals surface area contributed by atoms with Crippen molar-refractivity contribution in [3.8, 4) is 0 Å². The molecule has 0 saturated carbocycles. The van der Waals surface area contributed by atoms with E-state index in [2.05, 4.69) is 14.9 Å². The van der Waals surface area contributed by atoms with Crippen LogP contribution in [-0.2, 0) is 6.54 Å². The first-order valence-electron chi connectivity index (χ1n) is 3.11. The summed E-state index contributed by atoms with van der Waals surface area (Å²) in [5.74, 6) is 0. The summed E-state index contributed by atoms with van der Waals surface area (Å²) in [5, 5.41) is 7.38. The SMILES string of the molecule is FC(F)(F)CNCc1csnn1. The fourth-order valence-electron chi connectivity index (χ4n) is 0.593. The van der Waals surface area contributed by atoms with E-state index in [1.807, 2.05) is 0 Å². The maximum Gasteiger partial charge on any atom is 0.401 e. The maximum atomic E-state index is 11.6. The molecule has 0 radical (unpaired) electrons. The Hall–Kier alpha value is -0.690. The van der Waals surface area contributed by atoms with Crippen LogP contribution >= 0.6 is 11.5 Å². The molecule has 0 spiro atoms. The lowest BCUT2D eigenvalue weighted by Gasteiger charge is -2.05. The first kappa shape index (κ1) is 9.40. The summed E-state index contributed by atoms with van der Waals surface area (Å²) in [7, 11) is 0. The third-order valence-corrected chi connectivity index (χ3v) is 1.59. The Kier molecular flexibility index (Phi) is 2.99. The van der Waals surface area contributed by atoms with Crippen molar-refractivity contribution in [2.24, 2.45) is 0 Å². The molecule has 0 fully saturated rings. The zero-order valence-electron chi connectivity index (χ0n) is 5.93. The molecule has 68 valence electrons. The molecule has 0 atom stereocenters. The van der Waals surface area contributed by atoms with E-state index in [4.69, 9.17) is 0 Å². The fourth-order valence-corrected chi connectivity index (χ4v) is 1.04. The Labute approximate surface area is 70.8 Å². The van der Waals surface area contributed by atoms with Crippen LogP contribution in [0.25, 0.3) is 0 Å². The van der Waals surface area contributed by atoms with Crippen LogP contribution in [-0.4, -0.2) is 22.3 Å². The van der Waals surface area contributed by atoms with Crippen LogP contribution in [0.2, 0.25) is 0 Å². The molecule has 0 amide bonds. The minimum Gasteiger partial charge on any atom is -0.303 e. The molecule has 1 heterocycles. The van der Waals surface area contributed by atoms with Crippen molar-refractivity contribution in [1.29, 1.82) is 0 Å². The van der Waals surface area contributed by atoms with Gasteiger partial charge in [0.1, 0.15) is 0 Å². The minimum atomic E-state index is -4.16. The first-order chi connectivity index (χ1) is 5.58. The van der Waals surface area contributed by atoms with Crippen molar-refractivity contribution in [3.63, 3.8) is 0 Å². The second-order valence-corrected chi connectivity index (χ2v) is 2.72. The van der Waals surface area contributed by atoms with Gasteiger partial charge < -0.3 is 5.32 Å². The van der Waals surface area contributed by atoms with Crippen LogP contribution in [0.1, 0.15) is 5.69 Å². The van der Waals surface area contributed by atoms with Gasteiger partial charge in [-0.1, -0.05) is 4.49 Å². The number of nitrogens with one attached hydrogen (secondary N) is 1. The Bertz CT molecular complexity index is 220. The Morgan fingerprint density at radius 3 is 2.75 bits per heavy atom. The number of alkyl halides is 3. The molecular weight excluding hydrogens is 191 g/mol. The van der Waals surface area contributed by atoms with E-state index in [1.165, 1.54) is 0 Å². The zero-order chi connectivity index (χ0) is 9.03. The molecule has 1 N–H and O–H groups in total. The maximum absolute atomic E-state index is 11.6. The van der Waals surface area contributed by atoms with Crippen LogP contribution in [0.15, 0.2) is 5.38 Å². The van der Waals surface area contributed by atoms with E-state index in [1.54, 1.807) is 5.38 Å². The molecule has 12 heavy (non-hydrogen) atoms. The van der Waals surface area contributed by atoms with Crippen LogP contribution in [0.3, 0.4) is 0 Å². The van der Waals surface area contributed by atoms with E-state index < -0.39 is 12.7 Å². The summed E-state index contributed by atoms with van der Waals surface area (Å²) in [6, 6.07) is 0. The molecular formula is C5H6F3N3S. The highest BCUT2D eigenvalue weighted by Gasteiger charge is 2.26. The van der Waals surface area contributed by atoms with Crippen molar-refractivity contribution in [2.75, 3.05) is 6.54 Å². The molecule has 0 unspecified atom stereocenters.